The van der Waals surface area contributed by atoms with Crippen LogP contribution in [0.5, 0.6) is 0 Å². The van der Waals surface area contributed by atoms with Gasteiger partial charge in [-0.25, -0.2) is 17.7 Å². The minimum Gasteiger partial charge on any atom is -0.310 e. The number of rotatable bonds is 3. The Morgan fingerprint density at radius 2 is 2.00 bits per heavy atom. The van der Waals surface area contributed by atoms with E-state index in [4.69, 9.17) is 0 Å². The largest absolute Gasteiger partial charge is 0.310 e. The minimum absolute atomic E-state index is 0.0868. The topological polar surface area (TPSA) is 79.4 Å². The standard InChI is InChI=1S/C13H19N3O3S/c1-10-4-3-5-12(14-10)15-13(17)11-6-8-16(9-7-11)20(2,18)19/h3-5,11H,6-9H2,1-2H3,(H,14,15,17). The van der Waals surface area contributed by atoms with Gasteiger partial charge in [0.25, 0.3) is 0 Å². The van der Waals surface area contributed by atoms with Crippen molar-refractivity contribution in [3.63, 3.8) is 0 Å². The number of pyridine rings is 1. The molecule has 110 valence electrons. The Morgan fingerprint density at radius 3 is 2.55 bits per heavy atom. The van der Waals surface area contributed by atoms with Gasteiger partial charge >= 0.3 is 0 Å². The fourth-order valence-electron chi connectivity index (χ4n) is 2.29. The van der Waals surface area contributed by atoms with Crippen LogP contribution in [0.25, 0.3) is 0 Å². The average Bonchev–Trinajstić information content (AvgIpc) is 2.38. The van der Waals surface area contributed by atoms with Crippen molar-refractivity contribution in [3.8, 4) is 0 Å². The number of hydrogen-bond acceptors (Lipinski definition) is 4. The number of carbonyl (C=O) groups excluding carboxylic acids is 1. The zero-order valence-corrected chi connectivity index (χ0v) is 12.5. The summed E-state index contributed by atoms with van der Waals surface area (Å²) in [6.45, 7) is 2.66. The molecule has 1 aromatic rings. The van der Waals surface area contributed by atoms with Crippen molar-refractivity contribution < 1.29 is 13.2 Å². The molecule has 0 saturated carbocycles. The molecular formula is C13H19N3O3S. The van der Waals surface area contributed by atoms with Crippen molar-refractivity contribution in [2.24, 2.45) is 5.92 Å². The highest BCUT2D eigenvalue weighted by Gasteiger charge is 2.28. The number of piperidine rings is 1. The predicted molar refractivity (Wildman–Crippen MR) is 76.7 cm³/mol. The van der Waals surface area contributed by atoms with Gasteiger partial charge in [-0.05, 0) is 31.9 Å². The van der Waals surface area contributed by atoms with Gasteiger partial charge in [0.2, 0.25) is 15.9 Å². The van der Waals surface area contributed by atoms with Crippen LogP contribution in [0.3, 0.4) is 0 Å². The van der Waals surface area contributed by atoms with Crippen LogP contribution in [0.4, 0.5) is 5.82 Å². The number of aromatic nitrogens is 1. The van der Waals surface area contributed by atoms with Gasteiger partial charge in [0, 0.05) is 24.7 Å². The van der Waals surface area contributed by atoms with E-state index < -0.39 is 10.0 Å². The molecule has 20 heavy (non-hydrogen) atoms. The van der Waals surface area contributed by atoms with Crippen molar-refractivity contribution >= 4 is 21.7 Å². The second-order valence-corrected chi connectivity index (χ2v) is 7.07. The maximum absolute atomic E-state index is 12.1. The van der Waals surface area contributed by atoms with E-state index in [0.717, 1.165) is 5.69 Å². The summed E-state index contributed by atoms with van der Waals surface area (Å²) >= 11 is 0. The third-order valence-electron chi connectivity index (χ3n) is 3.43. The van der Waals surface area contributed by atoms with Crippen LogP contribution in [-0.2, 0) is 14.8 Å². The van der Waals surface area contributed by atoms with Gasteiger partial charge < -0.3 is 5.32 Å². The SMILES string of the molecule is Cc1cccc(NC(=O)C2CCN(S(C)(=O)=O)CC2)n1. The lowest BCUT2D eigenvalue weighted by Gasteiger charge is -2.29. The monoisotopic (exact) mass is 297 g/mol. The van der Waals surface area contributed by atoms with E-state index in [1.807, 2.05) is 19.1 Å². The summed E-state index contributed by atoms with van der Waals surface area (Å²) in [5, 5.41) is 2.79. The predicted octanol–water partition coefficient (Wildman–Crippen LogP) is 1.00. The van der Waals surface area contributed by atoms with Crippen molar-refractivity contribution in [1.82, 2.24) is 9.29 Å². The molecule has 7 heteroatoms. The molecule has 0 radical (unpaired) electrons. The first kappa shape index (κ1) is 14.9. The lowest BCUT2D eigenvalue weighted by molar-refractivity contribution is -0.120. The quantitative estimate of drug-likeness (QED) is 0.902. The lowest BCUT2D eigenvalue weighted by Crippen LogP contribution is -2.40. The molecule has 1 aromatic heterocycles. The van der Waals surface area contributed by atoms with Gasteiger partial charge in [0.05, 0.1) is 6.26 Å². The fourth-order valence-corrected chi connectivity index (χ4v) is 3.16. The molecule has 0 aromatic carbocycles. The summed E-state index contributed by atoms with van der Waals surface area (Å²) in [4.78, 5) is 16.3. The number of anilines is 1. The molecule has 0 spiro atoms. The van der Waals surface area contributed by atoms with Gasteiger partial charge in [-0.2, -0.15) is 0 Å². The molecule has 1 aliphatic heterocycles. The molecule has 1 fully saturated rings. The van der Waals surface area contributed by atoms with Gasteiger partial charge in [-0.3, -0.25) is 4.79 Å². The zero-order valence-electron chi connectivity index (χ0n) is 11.7. The Kier molecular flexibility index (Phi) is 4.39. The maximum Gasteiger partial charge on any atom is 0.228 e. The Labute approximate surface area is 119 Å². The Hall–Kier alpha value is -1.47. The van der Waals surface area contributed by atoms with E-state index in [-0.39, 0.29) is 11.8 Å². The molecule has 0 bridgehead atoms. The molecule has 0 aliphatic carbocycles. The van der Waals surface area contributed by atoms with E-state index in [0.29, 0.717) is 31.7 Å². The van der Waals surface area contributed by atoms with E-state index >= 15 is 0 Å². The minimum atomic E-state index is -3.15. The number of carbonyl (C=O) groups is 1. The van der Waals surface area contributed by atoms with Gasteiger partial charge in [0.15, 0.2) is 0 Å². The number of sulfonamides is 1. The van der Waals surface area contributed by atoms with Crippen LogP contribution >= 0.6 is 0 Å². The van der Waals surface area contributed by atoms with E-state index in [1.54, 1.807) is 6.07 Å². The molecule has 1 saturated heterocycles. The Balaban J connectivity index is 1.92. The summed E-state index contributed by atoms with van der Waals surface area (Å²) in [5.74, 6) is 0.298. The summed E-state index contributed by atoms with van der Waals surface area (Å²) < 4.78 is 24.2. The molecule has 1 N–H and O–H groups in total. The molecule has 1 amide bonds. The van der Waals surface area contributed by atoms with Crippen molar-refractivity contribution in [2.45, 2.75) is 19.8 Å². The second kappa shape index (κ2) is 5.88. The van der Waals surface area contributed by atoms with E-state index in [1.165, 1.54) is 10.6 Å². The maximum atomic E-state index is 12.1. The summed E-state index contributed by atoms with van der Waals surface area (Å²) in [5.41, 5.74) is 0.842. The number of nitrogens with one attached hydrogen (secondary N) is 1. The summed E-state index contributed by atoms with van der Waals surface area (Å²) in [7, 11) is -3.15. The van der Waals surface area contributed by atoms with Crippen LogP contribution < -0.4 is 5.32 Å². The molecule has 2 heterocycles. The number of nitrogens with zero attached hydrogens (tertiary/aromatic N) is 2. The molecule has 0 atom stereocenters. The van der Waals surface area contributed by atoms with Crippen LogP contribution in [0, 0.1) is 12.8 Å². The molecule has 6 nitrogen and oxygen atoms in total. The highest BCUT2D eigenvalue weighted by atomic mass is 32.2. The number of hydrogen-bond donors (Lipinski definition) is 1. The van der Waals surface area contributed by atoms with E-state index in [2.05, 4.69) is 10.3 Å². The fraction of sp³-hybridized carbons (Fsp3) is 0.538. The number of amides is 1. The number of aryl methyl sites for hydroxylation is 1. The third kappa shape index (κ3) is 3.77. The zero-order chi connectivity index (χ0) is 14.8. The van der Waals surface area contributed by atoms with Gasteiger partial charge in [0.1, 0.15) is 5.82 Å². The molecule has 2 rings (SSSR count). The van der Waals surface area contributed by atoms with E-state index in [9.17, 15) is 13.2 Å². The van der Waals surface area contributed by atoms with Crippen molar-refractivity contribution in [1.29, 1.82) is 0 Å². The first-order valence-corrected chi connectivity index (χ1v) is 8.41. The third-order valence-corrected chi connectivity index (χ3v) is 4.74. The first-order chi connectivity index (χ1) is 9.36. The molecule has 0 unspecified atom stereocenters. The Morgan fingerprint density at radius 1 is 1.35 bits per heavy atom. The highest BCUT2D eigenvalue weighted by Crippen LogP contribution is 2.20. The molecule has 1 aliphatic rings. The summed E-state index contributed by atoms with van der Waals surface area (Å²) in [6.07, 6.45) is 2.29. The van der Waals surface area contributed by atoms with Crippen molar-refractivity contribution in [3.05, 3.63) is 23.9 Å². The van der Waals surface area contributed by atoms with Crippen LogP contribution in [0.15, 0.2) is 18.2 Å². The van der Waals surface area contributed by atoms with Crippen LogP contribution in [0.2, 0.25) is 0 Å². The van der Waals surface area contributed by atoms with Crippen LogP contribution in [0.1, 0.15) is 18.5 Å². The normalized spacial score (nSPS) is 17.9. The second-order valence-electron chi connectivity index (χ2n) is 5.09. The highest BCUT2D eigenvalue weighted by molar-refractivity contribution is 7.88. The smallest absolute Gasteiger partial charge is 0.228 e. The van der Waals surface area contributed by atoms with Crippen LogP contribution in [-0.4, -0.2) is 43.0 Å². The molecular weight excluding hydrogens is 278 g/mol. The average molecular weight is 297 g/mol. The van der Waals surface area contributed by atoms with Gasteiger partial charge in [-0.1, -0.05) is 6.07 Å². The summed E-state index contributed by atoms with van der Waals surface area (Å²) in [6, 6.07) is 5.45. The van der Waals surface area contributed by atoms with Gasteiger partial charge in [-0.15, -0.1) is 0 Å². The first-order valence-electron chi connectivity index (χ1n) is 6.56. The lowest BCUT2D eigenvalue weighted by atomic mass is 9.97. The van der Waals surface area contributed by atoms with Crippen molar-refractivity contribution in [2.75, 3.05) is 24.7 Å². The Bertz CT molecular complexity index is 593.